The molecule has 0 bridgehead atoms. The minimum Gasteiger partial charge on any atom is -0.495 e. The molecule has 2 N–H and O–H groups in total. The minimum atomic E-state index is 0.235. The molecule has 0 amide bonds. The summed E-state index contributed by atoms with van der Waals surface area (Å²) in [5, 5.41) is 7.37. The Labute approximate surface area is 187 Å². The van der Waals surface area contributed by atoms with Crippen LogP contribution in [-0.2, 0) is 4.74 Å². The molecule has 7 nitrogen and oxygen atoms in total. The van der Waals surface area contributed by atoms with Crippen molar-refractivity contribution in [3.63, 3.8) is 0 Å². The molecule has 1 saturated carbocycles. The van der Waals surface area contributed by atoms with Gasteiger partial charge in [-0.15, -0.1) is 0 Å². The lowest BCUT2D eigenvalue weighted by Gasteiger charge is -2.48. The van der Waals surface area contributed by atoms with Crippen LogP contribution in [0.3, 0.4) is 0 Å². The molecule has 31 heavy (non-hydrogen) atoms. The average molecular weight is 430 g/mol. The Balaban J connectivity index is 1.34. The van der Waals surface area contributed by atoms with E-state index in [4.69, 9.17) is 9.47 Å². The van der Waals surface area contributed by atoms with Gasteiger partial charge in [-0.05, 0) is 31.4 Å². The summed E-state index contributed by atoms with van der Waals surface area (Å²) in [5.41, 5.74) is 1.41. The second-order valence-electron chi connectivity index (χ2n) is 9.06. The van der Waals surface area contributed by atoms with Crippen LogP contribution in [0.5, 0.6) is 5.75 Å². The standard InChI is InChI=1S/C24H39N5O2/c1-25-23(26-19-24(11-6-3-7-12-24)29-14-16-31-17-15-29)27-20-10-13-28(18-20)21-8-4-5-9-22(21)30-2/h4-5,8-9,20H,3,6-7,10-19H2,1-2H3,(H2,25,26,27). The Hall–Kier alpha value is -1.99. The van der Waals surface area contributed by atoms with Crippen LogP contribution in [0.2, 0.25) is 0 Å². The molecule has 4 rings (SSSR count). The Morgan fingerprint density at radius 1 is 1.16 bits per heavy atom. The van der Waals surface area contributed by atoms with Crippen LogP contribution in [-0.4, -0.2) is 82.5 Å². The lowest BCUT2D eigenvalue weighted by atomic mass is 9.80. The molecular formula is C24H39N5O2. The van der Waals surface area contributed by atoms with Crippen molar-refractivity contribution in [3.8, 4) is 5.75 Å². The van der Waals surface area contributed by atoms with Crippen molar-refractivity contribution in [2.45, 2.75) is 50.1 Å². The summed E-state index contributed by atoms with van der Waals surface area (Å²) in [7, 11) is 3.62. The van der Waals surface area contributed by atoms with Gasteiger partial charge in [0.15, 0.2) is 5.96 Å². The van der Waals surface area contributed by atoms with E-state index in [-0.39, 0.29) is 5.54 Å². The van der Waals surface area contributed by atoms with Gasteiger partial charge in [-0.25, -0.2) is 0 Å². The smallest absolute Gasteiger partial charge is 0.191 e. The highest BCUT2D eigenvalue weighted by molar-refractivity contribution is 5.80. The summed E-state index contributed by atoms with van der Waals surface area (Å²) in [6.07, 6.45) is 7.63. The molecule has 3 fully saturated rings. The predicted molar refractivity (Wildman–Crippen MR) is 126 cm³/mol. The number of guanidine groups is 1. The van der Waals surface area contributed by atoms with Gasteiger partial charge in [-0.2, -0.15) is 0 Å². The zero-order valence-corrected chi connectivity index (χ0v) is 19.2. The Kier molecular flexibility index (Phi) is 7.56. The van der Waals surface area contributed by atoms with Gasteiger partial charge in [0.2, 0.25) is 0 Å². The molecular weight excluding hydrogens is 390 g/mol. The van der Waals surface area contributed by atoms with E-state index in [1.54, 1.807) is 7.11 Å². The van der Waals surface area contributed by atoms with Crippen molar-refractivity contribution < 1.29 is 9.47 Å². The molecule has 2 heterocycles. The first-order valence-corrected chi connectivity index (χ1v) is 11.9. The van der Waals surface area contributed by atoms with Crippen molar-refractivity contribution in [3.05, 3.63) is 24.3 Å². The zero-order chi connectivity index (χ0) is 21.5. The summed E-state index contributed by atoms with van der Waals surface area (Å²) in [6, 6.07) is 8.65. The van der Waals surface area contributed by atoms with Crippen LogP contribution in [0.4, 0.5) is 5.69 Å². The van der Waals surface area contributed by atoms with Gasteiger partial charge in [-0.1, -0.05) is 31.4 Å². The number of ether oxygens (including phenoxy) is 2. The van der Waals surface area contributed by atoms with Crippen molar-refractivity contribution in [2.75, 3.05) is 65.0 Å². The van der Waals surface area contributed by atoms with E-state index in [1.807, 2.05) is 19.2 Å². The molecule has 3 aliphatic rings. The third-order valence-corrected chi connectivity index (χ3v) is 7.23. The Bertz CT molecular complexity index is 728. The summed E-state index contributed by atoms with van der Waals surface area (Å²) in [4.78, 5) is 9.63. The van der Waals surface area contributed by atoms with Crippen LogP contribution in [0.1, 0.15) is 38.5 Å². The lowest BCUT2D eigenvalue weighted by Crippen LogP contribution is -2.61. The van der Waals surface area contributed by atoms with Gasteiger partial charge in [0.25, 0.3) is 0 Å². The van der Waals surface area contributed by atoms with Crippen molar-refractivity contribution >= 4 is 11.6 Å². The SMILES string of the molecule is CN=C(NCC1(N2CCOCC2)CCCCC1)NC1CCN(c2ccccc2OC)C1. The van der Waals surface area contributed by atoms with Gasteiger partial charge < -0.3 is 25.0 Å². The largest absolute Gasteiger partial charge is 0.495 e. The molecule has 0 radical (unpaired) electrons. The van der Waals surface area contributed by atoms with E-state index in [0.29, 0.717) is 6.04 Å². The number of para-hydroxylation sites is 2. The van der Waals surface area contributed by atoms with Crippen molar-refractivity contribution in [2.24, 2.45) is 4.99 Å². The molecule has 0 spiro atoms. The van der Waals surface area contributed by atoms with Gasteiger partial charge >= 0.3 is 0 Å². The number of aliphatic imine (C=N–C) groups is 1. The highest BCUT2D eigenvalue weighted by atomic mass is 16.5. The first kappa shape index (κ1) is 22.2. The highest BCUT2D eigenvalue weighted by Crippen LogP contribution is 2.34. The number of anilines is 1. The van der Waals surface area contributed by atoms with E-state index < -0.39 is 0 Å². The molecule has 1 aromatic rings. The van der Waals surface area contributed by atoms with E-state index >= 15 is 0 Å². The van der Waals surface area contributed by atoms with Crippen LogP contribution in [0.25, 0.3) is 0 Å². The van der Waals surface area contributed by atoms with Gasteiger partial charge in [0.1, 0.15) is 5.75 Å². The summed E-state index contributed by atoms with van der Waals surface area (Å²) in [6.45, 7) is 6.73. The summed E-state index contributed by atoms with van der Waals surface area (Å²) < 4.78 is 11.2. The Morgan fingerprint density at radius 2 is 1.94 bits per heavy atom. The number of morpholine rings is 1. The van der Waals surface area contributed by atoms with Gasteiger partial charge in [0.05, 0.1) is 26.0 Å². The quantitative estimate of drug-likeness (QED) is 0.535. The van der Waals surface area contributed by atoms with E-state index in [2.05, 4.69) is 37.6 Å². The number of rotatable bonds is 6. The monoisotopic (exact) mass is 429 g/mol. The topological polar surface area (TPSA) is 61.4 Å². The predicted octanol–water partition coefficient (Wildman–Crippen LogP) is 2.47. The molecule has 7 heteroatoms. The maximum absolute atomic E-state index is 5.62. The maximum Gasteiger partial charge on any atom is 0.191 e. The Morgan fingerprint density at radius 3 is 2.68 bits per heavy atom. The van der Waals surface area contributed by atoms with E-state index in [1.165, 1.54) is 37.8 Å². The van der Waals surface area contributed by atoms with Gasteiger partial charge in [-0.3, -0.25) is 9.89 Å². The molecule has 2 aliphatic heterocycles. The third-order valence-electron chi connectivity index (χ3n) is 7.23. The van der Waals surface area contributed by atoms with Crippen molar-refractivity contribution in [1.29, 1.82) is 0 Å². The minimum absolute atomic E-state index is 0.235. The summed E-state index contributed by atoms with van der Waals surface area (Å²) >= 11 is 0. The number of benzene rings is 1. The second kappa shape index (κ2) is 10.6. The first-order chi connectivity index (χ1) is 15.2. The number of hydrogen-bond acceptors (Lipinski definition) is 5. The molecule has 2 saturated heterocycles. The molecule has 1 unspecified atom stereocenters. The van der Waals surface area contributed by atoms with Crippen molar-refractivity contribution in [1.82, 2.24) is 15.5 Å². The van der Waals surface area contributed by atoms with E-state index in [0.717, 1.165) is 64.1 Å². The molecule has 172 valence electrons. The fourth-order valence-electron chi connectivity index (χ4n) is 5.48. The molecule has 1 atom stereocenters. The molecule has 1 aromatic carbocycles. The fourth-order valence-corrected chi connectivity index (χ4v) is 5.48. The number of nitrogens with one attached hydrogen (secondary N) is 2. The normalized spacial score (nSPS) is 24.8. The van der Waals surface area contributed by atoms with Crippen LogP contribution < -0.4 is 20.3 Å². The maximum atomic E-state index is 5.62. The fraction of sp³-hybridized carbons (Fsp3) is 0.708. The number of hydrogen-bond donors (Lipinski definition) is 2. The molecule has 0 aromatic heterocycles. The second-order valence-corrected chi connectivity index (χ2v) is 9.06. The molecule has 1 aliphatic carbocycles. The number of nitrogens with zero attached hydrogens (tertiary/aromatic N) is 3. The van der Waals surface area contributed by atoms with E-state index in [9.17, 15) is 0 Å². The van der Waals surface area contributed by atoms with Gasteiger partial charge in [0, 0.05) is 51.4 Å². The average Bonchev–Trinajstić information content (AvgIpc) is 3.31. The first-order valence-electron chi connectivity index (χ1n) is 11.9. The lowest BCUT2D eigenvalue weighted by molar-refractivity contribution is -0.0352. The third kappa shape index (κ3) is 5.26. The van der Waals surface area contributed by atoms with Crippen LogP contribution >= 0.6 is 0 Å². The zero-order valence-electron chi connectivity index (χ0n) is 19.2. The van der Waals surface area contributed by atoms with Crippen LogP contribution in [0, 0.1) is 0 Å². The summed E-state index contributed by atoms with van der Waals surface area (Å²) in [5.74, 6) is 1.86. The number of methoxy groups -OCH3 is 1. The van der Waals surface area contributed by atoms with Crippen LogP contribution in [0.15, 0.2) is 29.3 Å². The highest BCUT2D eigenvalue weighted by Gasteiger charge is 2.38.